The average molecular weight is 383 g/mol. The van der Waals surface area contributed by atoms with Gasteiger partial charge in [-0.1, -0.05) is 49.6 Å². The molecule has 0 unspecified atom stereocenters. The maximum absolute atomic E-state index is 12.4. The number of hydrogen-bond acceptors (Lipinski definition) is 4. The van der Waals surface area contributed by atoms with Crippen LogP contribution in [0.15, 0.2) is 47.3 Å². The van der Waals surface area contributed by atoms with Crippen LogP contribution in [0.25, 0.3) is 0 Å². The van der Waals surface area contributed by atoms with Crippen molar-refractivity contribution in [3.8, 4) is 0 Å². The quantitative estimate of drug-likeness (QED) is 0.713. The first kappa shape index (κ1) is 20.3. The molecule has 6 nitrogen and oxygen atoms in total. The van der Waals surface area contributed by atoms with Gasteiger partial charge < -0.3 is 10.2 Å². The van der Waals surface area contributed by atoms with Crippen molar-refractivity contribution in [3.63, 3.8) is 0 Å². The predicted molar refractivity (Wildman–Crippen MR) is 110 cm³/mol. The van der Waals surface area contributed by atoms with Gasteiger partial charge in [-0.3, -0.25) is 9.59 Å². The summed E-state index contributed by atoms with van der Waals surface area (Å²) in [5, 5.41) is 7.16. The minimum Gasteiger partial charge on any atom is -0.351 e. The van der Waals surface area contributed by atoms with Gasteiger partial charge in [-0.05, 0) is 44.5 Å². The van der Waals surface area contributed by atoms with Crippen molar-refractivity contribution in [2.45, 2.75) is 51.1 Å². The van der Waals surface area contributed by atoms with E-state index in [4.69, 9.17) is 0 Å². The molecule has 6 heteroatoms. The second-order valence-electron chi connectivity index (χ2n) is 7.58. The summed E-state index contributed by atoms with van der Waals surface area (Å²) in [6, 6.07) is 13.2. The highest BCUT2D eigenvalue weighted by Gasteiger charge is 2.17. The van der Waals surface area contributed by atoms with Crippen LogP contribution in [0.4, 0.5) is 0 Å². The molecule has 1 N–H and O–H groups in total. The first-order chi connectivity index (χ1) is 13.6. The van der Waals surface area contributed by atoms with Gasteiger partial charge >= 0.3 is 0 Å². The number of nitrogens with one attached hydrogen (secondary N) is 1. The number of aromatic nitrogens is 2. The SMILES string of the molecule is CN(CCCNC(=O)c1ccc(=O)n(Cc2ccccc2)n1)C1CCCCC1. The van der Waals surface area contributed by atoms with E-state index >= 15 is 0 Å². The van der Waals surface area contributed by atoms with Gasteiger partial charge in [0.15, 0.2) is 0 Å². The lowest BCUT2D eigenvalue weighted by Gasteiger charge is -2.31. The zero-order valence-corrected chi connectivity index (χ0v) is 16.6. The normalized spacial score (nSPS) is 14.9. The average Bonchev–Trinajstić information content (AvgIpc) is 2.74. The predicted octanol–water partition coefficient (Wildman–Crippen LogP) is 2.68. The Morgan fingerprint density at radius 1 is 1.14 bits per heavy atom. The van der Waals surface area contributed by atoms with Crippen LogP contribution in [0.5, 0.6) is 0 Å². The Labute approximate surface area is 166 Å². The van der Waals surface area contributed by atoms with Crippen LogP contribution in [-0.2, 0) is 6.54 Å². The van der Waals surface area contributed by atoms with Crippen molar-refractivity contribution in [1.29, 1.82) is 0 Å². The molecule has 150 valence electrons. The molecular formula is C22H30N4O2. The summed E-state index contributed by atoms with van der Waals surface area (Å²) in [5.41, 5.74) is 1.03. The molecule has 0 atom stereocenters. The Morgan fingerprint density at radius 3 is 2.64 bits per heavy atom. The topological polar surface area (TPSA) is 67.2 Å². The van der Waals surface area contributed by atoms with Gasteiger partial charge in [0.2, 0.25) is 0 Å². The Balaban J connectivity index is 1.48. The van der Waals surface area contributed by atoms with Crippen molar-refractivity contribution in [2.75, 3.05) is 20.1 Å². The molecule has 3 rings (SSSR count). The molecule has 0 bridgehead atoms. The zero-order chi connectivity index (χ0) is 19.8. The number of benzene rings is 1. The molecule has 0 aliphatic heterocycles. The maximum atomic E-state index is 12.4. The molecule has 0 radical (unpaired) electrons. The van der Waals surface area contributed by atoms with E-state index in [0.29, 0.717) is 19.1 Å². The smallest absolute Gasteiger partial charge is 0.271 e. The molecule has 1 heterocycles. The van der Waals surface area contributed by atoms with Crippen molar-refractivity contribution >= 4 is 5.91 Å². The third-order valence-corrected chi connectivity index (χ3v) is 5.45. The van der Waals surface area contributed by atoms with Crippen LogP contribution >= 0.6 is 0 Å². The van der Waals surface area contributed by atoms with E-state index in [1.165, 1.54) is 48.9 Å². The van der Waals surface area contributed by atoms with Crippen molar-refractivity contribution in [3.05, 3.63) is 64.1 Å². The molecule has 1 aliphatic carbocycles. The first-order valence-corrected chi connectivity index (χ1v) is 10.2. The van der Waals surface area contributed by atoms with Gasteiger partial charge in [0.05, 0.1) is 6.54 Å². The molecular weight excluding hydrogens is 352 g/mol. The second-order valence-corrected chi connectivity index (χ2v) is 7.58. The highest BCUT2D eigenvalue weighted by molar-refractivity contribution is 5.91. The highest BCUT2D eigenvalue weighted by Crippen LogP contribution is 2.21. The Bertz CT molecular complexity index is 813. The van der Waals surface area contributed by atoms with Crippen molar-refractivity contribution in [1.82, 2.24) is 20.0 Å². The molecule has 1 aromatic carbocycles. The van der Waals surface area contributed by atoms with E-state index in [9.17, 15) is 9.59 Å². The standard InChI is InChI=1S/C22H30N4O2/c1-25(19-11-6-3-7-12-19)16-8-15-23-22(28)20-13-14-21(27)26(24-20)17-18-9-4-2-5-10-18/h2,4-5,9-10,13-14,19H,3,6-8,11-12,15-17H2,1H3,(H,23,28). The minimum atomic E-state index is -0.234. The number of carbonyl (C=O) groups excluding carboxylic acids is 1. The van der Waals surface area contributed by atoms with E-state index in [0.717, 1.165) is 18.5 Å². The fourth-order valence-electron chi connectivity index (χ4n) is 3.76. The largest absolute Gasteiger partial charge is 0.351 e. The third kappa shape index (κ3) is 5.76. The number of carbonyl (C=O) groups is 1. The molecule has 1 amide bonds. The second kappa shape index (κ2) is 10.2. The van der Waals surface area contributed by atoms with Crippen molar-refractivity contribution < 1.29 is 4.79 Å². The van der Waals surface area contributed by atoms with Gasteiger partial charge in [0, 0.05) is 18.7 Å². The Hall–Kier alpha value is -2.47. The summed E-state index contributed by atoms with van der Waals surface area (Å²) in [5.74, 6) is -0.234. The van der Waals surface area contributed by atoms with E-state index in [-0.39, 0.29) is 17.2 Å². The lowest BCUT2D eigenvalue weighted by Crippen LogP contribution is -2.36. The number of rotatable bonds is 8. The van der Waals surface area contributed by atoms with E-state index in [1.54, 1.807) is 0 Å². The molecule has 2 aromatic rings. The van der Waals surface area contributed by atoms with Gasteiger partial charge in [-0.2, -0.15) is 5.10 Å². The summed E-state index contributed by atoms with van der Waals surface area (Å²) in [6.07, 6.45) is 7.50. The summed E-state index contributed by atoms with van der Waals surface area (Å²) < 4.78 is 1.33. The lowest BCUT2D eigenvalue weighted by atomic mass is 9.94. The molecule has 1 aliphatic rings. The van der Waals surface area contributed by atoms with Crippen LogP contribution < -0.4 is 10.9 Å². The molecule has 1 saturated carbocycles. The van der Waals surface area contributed by atoms with E-state index in [2.05, 4.69) is 22.4 Å². The van der Waals surface area contributed by atoms with E-state index in [1.807, 2.05) is 30.3 Å². The number of amides is 1. The molecule has 1 aromatic heterocycles. The van der Waals surface area contributed by atoms with Gasteiger partial charge in [0.1, 0.15) is 5.69 Å². The van der Waals surface area contributed by atoms with Crippen LogP contribution in [0.3, 0.4) is 0 Å². The molecule has 0 spiro atoms. The Kier molecular flexibility index (Phi) is 7.37. The molecule has 1 fully saturated rings. The van der Waals surface area contributed by atoms with Gasteiger partial charge in [-0.25, -0.2) is 4.68 Å². The summed E-state index contributed by atoms with van der Waals surface area (Å²) in [6.45, 7) is 1.94. The minimum absolute atomic E-state index is 0.213. The summed E-state index contributed by atoms with van der Waals surface area (Å²) >= 11 is 0. The third-order valence-electron chi connectivity index (χ3n) is 5.45. The monoisotopic (exact) mass is 382 g/mol. The van der Waals surface area contributed by atoms with Crippen LogP contribution in [0, 0.1) is 0 Å². The molecule has 0 saturated heterocycles. The lowest BCUT2D eigenvalue weighted by molar-refractivity contribution is 0.0943. The fourth-order valence-corrected chi connectivity index (χ4v) is 3.76. The van der Waals surface area contributed by atoms with Crippen LogP contribution in [0.1, 0.15) is 54.6 Å². The summed E-state index contributed by atoms with van der Waals surface area (Å²) in [7, 11) is 2.18. The van der Waals surface area contributed by atoms with Gasteiger partial charge in [-0.15, -0.1) is 0 Å². The van der Waals surface area contributed by atoms with Crippen LogP contribution in [0.2, 0.25) is 0 Å². The highest BCUT2D eigenvalue weighted by atomic mass is 16.2. The maximum Gasteiger partial charge on any atom is 0.271 e. The Morgan fingerprint density at radius 2 is 1.89 bits per heavy atom. The van der Waals surface area contributed by atoms with Crippen LogP contribution in [-0.4, -0.2) is 46.8 Å². The van der Waals surface area contributed by atoms with E-state index < -0.39 is 0 Å². The van der Waals surface area contributed by atoms with Crippen molar-refractivity contribution in [2.24, 2.45) is 0 Å². The summed E-state index contributed by atoms with van der Waals surface area (Å²) in [4.78, 5) is 26.9. The number of nitrogens with zero attached hydrogens (tertiary/aromatic N) is 3. The van der Waals surface area contributed by atoms with Gasteiger partial charge in [0.25, 0.3) is 11.5 Å². The number of hydrogen-bond donors (Lipinski definition) is 1. The fraction of sp³-hybridized carbons (Fsp3) is 0.500. The molecule has 28 heavy (non-hydrogen) atoms. The first-order valence-electron chi connectivity index (χ1n) is 10.2. The zero-order valence-electron chi connectivity index (χ0n) is 16.6.